The minimum absolute atomic E-state index is 0.355. The second-order valence-corrected chi connectivity index (χ2v) is 10.0. The van der Waals surface area contributed by atoms with Crippen LogP contribution in [-0.2, 0) is 27.4 Å². The minimum atomic E-state index is -3.44. The Hall–Kier alpha value is -0.280. The molecule has 1 saturated heterocycles. The maximum atomic E-state index is 12.7. The molecule has 120 valence electrons. The molecule has 0 saturated carbocycles. The lowest BCUT2D eigenvalue weighted by Gasteiger charge is -2.25. The Kier molecular flexibility index (Phi) is 5.96. The summed E-state index contributed by atoms with van der Waals surface area (Å²) in [6.45, 7) is 6.29. The van der Waals surface area contributed by atoms with E-state index in [-0.39, 0.29) is 0 Å². The Labute approximate surface area is 133 Å². The zero-order chi connectivity index (χ0) is 15.5. The van der Waals surface area contributed by atoms with E-state index in [4.69, 9.17) is 0 Å². The van der Waals surface area contributed by atoms with Gasteiger partial charge in [0.1, 0.15) is 0 Å². The fourth-order valence-corrected chi connectivity index (χ4v) is 6.55. The van der Waals surface area contributed by atoms with Crippen LogP contribution in [0.4, 0.5) is 0 Å². The first kappa shape index (κ1) is 17.1. The molecule has 21 heavy (non-hydrogen) atoms. The SMILES string of the molecule is CCCNCc1cc(S(=O)(=O)N2CCS(=O)CC2)c(C)s1. The standard InChI is InChI=1S/C13H22N2O3S3/c1-3-4-14-10-12-9-13(11(2)19-12)21(17,18)15-5-7-20(16)8-6-15/h9,14H,3-8,10H2,1-2H3. The molecule has 1 N–H and O–H groups in total. The summed E-state index contributed by atoms with van der Waals surface area (Å²) >= 11 is 1.53. The van der Waals surface area contributed by atoms with Crippen molar-refractivity contribution in [1.29, 1.82) is 0 Å². The Bertz CT molecular complexity index is 600. The van der Waals surface area contributed by atoms with Gasteiger partial charge in [0, 0.05) is 51.7 Å². The second kappa shape index (κ2) is 7.32. The second-order valence-electron chi connectivity index (χ2n) is 5.06. The average Bonchev–Trinajstić information content (AvgIpc) is 2.81. The first-order chi connectivity index (χ1) is 9.95. The van der Waals surface area contributed by atoms with E-state index in [1.165, 1.54) is 15.6 Å². The van der Waals surface area contributed by atoms with Crippen molar-refractivity contribution in [3.05, 3.63) is 15.8 Å². The summed E-state index contributed by atoms with van der Waals surface area (Å²) in [5.74, 6) is 0.876. The van der Waals surface area contributed by atoms with Crippen molar-refractivity contribution in [2.75, 3.05) is 31.1 Å². The summed E-state index contributed by atoms with van der Waals surface area (Å²) in [5, 5.41) is 3.29. The molecule has 1 fully saturated rings. The van der Waals surface area contributed by atoms with Crippen LogP contribution in [0.1, 0.15) is 23.1 Å². The van der Waals surface area contributed by atoms with Gasteiger partial charge in [0.2, 0.25) is 10.0 Å². The molecule has 0 aromatic carbocycles. The third-order valence-corrected chi connectivity index (χ3v) is 7.88. The number of nitrogens with zero attached hydrogens (tertiary/aromatic N) is 1. The summed E-state index contributed by atoms with van der Waals surface area (Å²) in [6, 6.07) is 1.78. The molecule has 0 spiro atoms. The summed E-state index contributed by atoms with van der Waals surface area (Å²) in [7, 11) is -4.32. The molecule has 1 aliphatic heterocycles. The van der Waals surface area contributed by atoms with E-state index in [0.29, 0.717) is 36.0 Å². The monoisotopic (exact) mass is 350 g/mol. The molecule has 2 rings (SSSR count). The quantitative estimate of drug-likeness (QED) is 0.786. The highest BCUT2D eigenvalue weighted by atomic mass is 32.2. The van der Waals surface area contributed by atoms with Crippen molar-refractivity contribution in [3.8, 4) is 0 Å². The smallest absolute Gasteiger partial charge is 0.244 e. The third-order valence-electron chi connectivity index (χ3n) is 3.40. The van der Waals surface area contributed by atoms with E-state index in [0.717, 1.165) is 22.7 Å². The van der Waals surface area contributed by atoms with Crippen molar-refractivity contribution in [3.63, 3.8) is 0 Å². The number of aryl methyl sites for hydroxylation is 1. The van der Waals surface area contributed by atoms with E-state index < -0.39 is 20.8 Å². The van der Waals surface area contributed by atoms with Crippen LogP contribution in [0.5, 0.6) is 0 Å². The zero-order valence-corrected chi connectivity index (χ0v) is 14.9. The van der Waals surface area contributed by atoms with Crippen molar-refractivity contribution < 1.29 is 12.6 Å². The van der Waals surface area contributed by atoms with Gasteiger partial charge in [-0.3, -0.25) is 4.21 Å². The van der Waals surface area contributed by atoms with Crippen LogP contribution in [0.3, 0.4) is 0 Å². The Morgan fingerprint density at radius 2 is 2.05 bits per heavy atom. The van der Waals surface area contributed by atoms with E-state index in [1.54, 1.807) is 6.07 Å². The van der Waals surface area contributed by atoms with Crippen molar-refractivity contribution in [1.82, 2.24) is 9.62 Å². The lowest BCUT2D eigenvalue weighted by molar-refractivity contribution is 0.438. The summed E-state index contributed by atoms with van der Waals surface area (Å²) in [4.78, 5) is 2.28. The predicted molar refractivity (Wildman–Crippen MR) is 87.7 cm³/mol. The Balaban J connectivity index is 2.14. The highest BCUT2D eigenvalue weighted by Crippen LogP contribution is 2.28. The van der Waals surface area contributed by atoms with Crippen LogP contribution in [0.15, 0.2) is 11.0 Å². The van der Waals surface area contributed by atoms with E-state index in [1.807, 2.05) is 6.92 Å². The highest BCUT2D eigenvalue weighted by Gasteiger charge is 2.30. The molecule has 0 aliphatic carbocycles. The van der Waals surface area contributed by atoms with Crippen molar-refractivity contribution in [2.45, 2.75) is 31.7 Å². The summed E-state index contributed by atoms with van der Waals surface area (Å²) in [5.41, 5.74) is 0. The van der Waals surface area contributed by atoms with Gasteiger partial charge in [0.25, 0.3) is 0 Å². The van der Waals surface area contributed by atoms with E-state index in [9.17, 15) is 12.6 Å². The zero-order valence-electron chi connectivity index (χ0n) is 12.4. The number of rotatable bonds is 6. The van der Waals surface area contributed by atoms with Crippen LogP contribution in [0.25, 0.3) is 0 Å². The van der Waals surface area contributed by atoms with Gasteiger partial charge in [-0.15, -0.1) is 11.3 Å². The number of sulfonamides is 1. The van der Waals surface area contributed by atoms with Crippen LogP contribution < -0.4 is 5.32 Å². The molecule has 2 heterocycles. The molecule has 0 radical (unpaired) electrons. The first-order valence-corrected chi connectivity index (χ1v) is 10.8. The summed E-state index contributed by atoms with van der Waals surface area (Å²) < 4.78 is 38.2. The first-order valence-electron chi connectivity index (χ1n) is 7.10. The van der Waals surface area contributed by atoms with Crippen LogP contribution >= 0.6 is 11.3 Å². The van der Waals surface area contributed by atoms with E-state index >= 15 is 0 Å². The Morgan fingerprint density at radius 1 is 1.38 bits per heavy atom. The van der Waals surface area contributed by atoms with Crippen LogP contribution in [0, 0.1) is 6.92 Å². The van der Waals surface area contributed by atoms with Gasteiger partial charge in [0.15, 0.2) is 0 Å². The number of hydrogen-bond acceptors (Lipinski definition) is 5. The number of hydrogen-bond donors (Lipinski definition) is 1. The summed E-state index contributed by atoms with van der Waals surface area (Å²) in [6.07, 6.45) is 1.06. The largest absolute Gasteiger partial charge is 0.312 e. The van der Waals surface area contributed by atoms with Gasteiger partial charge in [-0.05, 0) is 26.0 Å². The van der Waals surface area contributed by atoms with Crippen LogP contribution in [0.2, 0.25) is 0 Å². The average molecular weight is 351 g/mol. The fourth-order valence-electron chi connectivity index (χ4n) is 2.26. The molecular formula is C13H22N2O3S3. The number of nitrogens with one attached hydrogen (secondary N) is 1. The van der Waals surface area contributed by atoms with Gasteiger partial charge in [-0.2, -0.15) is 4.31 Å². The fraction of sp³-hybridized carbons (Fsp3) is 0.692. The van der Waals surface area contributed by atoms with Gasteiger partial charge in [-0.1, -0.05) is 6.92 Å². The predicted octanol–water partition coefficient (Wildman–Crippen LogP) is 1.31. The molecule has 0 amide bonds. The molecule has 0 atom stereocenters. The van der Waals surface area contributed by atoms with Gasteiger partial charge < -0.3 is 5.32 Å². The topological polar surface area (TPSA) is 66.5 Å². The maximum absolute atomic E-state index is 12.7. The van der Waals surface area contributed by atoms with Gasteiger partial charge >= 0.3 is 0 Å². The normalized spacial score (nSPS) is 18.2. The molecule has 0 unspecified atom stereocenters. The number of thiophene rings is 1. The lowest BCUT2D eigenvalue weighted by Crippen LogP contribution is -2.41. The third kappa shape index (κ3) is 4.13. The van der Waals surface area contributed by atoms with E-state index in [2.05, 4.69) is 12.2 Å². The molecule has 1 aromatic rings. The molecular weight excluding hydrogens is 328 g/mol. The lowest BCUT2D eigenvalue weighted by atomic mass is 10.4. The molecule has 0 bridgehead atoms. The van der Waals surface area contributed by atoms with Crippen LogP contribution in [-0.4, -0.2) is 48.1 Å². The Morgan fingerprint density at radius 3 is 2.67 bits per heavy atom. The minimum Gasteiger partial charge on any atom is -0.312 e. The molecule has 5 nitrogen and oxygen atoms in total. The van der Waals surface area contributed by atoms with Crippen molar-refractivity contribution in [2.24, 2.45) is 0 Å². The molecule has 8 heteroatoms. The molecule has 1 aliphatic rings. The van der Waals surface area contributed by atoms with Gasteiger partial charge in [-0.25, -0.2) is 8.42 Å². The van der Waals surface area contributed by atoms with Gasteiger partial charge in [0.05, 0.1) is 4.90 Å². The van der Waals surface area contributed by atoms with Crippen molar-refractivity contribution >= 4 is 32.2 Å². The maximum Gasteiger partial charge on any atom is 0.244 e. The molecule has 1 aromatic heterocycles. The highest BCUT2D eigenvalue weighted by molar-refractivity contribution is 7.89.